The first-order valence-electron chi connectivity index (χ1n) is 9.51. The zero-order chi connectivity index (χ0) is 22.5. The molecule has 0 atom stereocenters. The Balaban J connectivity index is 1.42. The molecule has 0 aliphatic heterocycles. The molecule has 4 aromatic rings. The van der Waals surface area contributed by atoms with E-state index < -0.39 is 5.82 Å². The first-order valence-corrected chi connectivity index (χ1v) is 11.2. The van der Waals surface area contributed by atoms with Gasteiger partial charge >= 0.3 is 0 Å². The number of benzene rings is 2. The van der Waals surface area contributed by atoms with Gasteiger partial charge in [0.1, 0.15) is 10.8 Å². The van der Waals surface area contributed by atoms with E-state index in [0.29, 0.717) is 22.1 Å². The maximum atomic E-state index is 14.4. The van der Waals surface area contributed by atoms with Gasteiger partial charge in [-0.2, -0.15) is 0 Å². The van der Waals surface area contributed by atoms with Crippen LogP contribution in [0.4, 0.5) is 15.2 Å². The topological polar surface area (TPSA) is 84.0 Å². The number of rotatable bonds is 6. The lowest BCUT2D eigenvalue weighted by molar-refractivity contribution is -0.114. The summed E-state index contributed by atoms with van der Waals surface area (Å²) < 4.78 is 14.4. The molecule has 4 rings (SSSR count). The lowest BCUT2D eigenvalue weighted by Crippen LogP contribution is -2.11. The highest BCUT2D eigenvalue weighted by atomic mass is 32.2. The summed E-state index contributed by atoms with van der Waals surface area (Å²) in [6, 6.07) is 17.2. The Labute approximate surface area is 191 Å². The molecule has 2 heterocycles. The van der Waals surface area contributed by atoms with Crippen molar-refractivity contribution in [2.75, 3.05) is 10.6 Å². The molecule has 0 aliphatic rings. The largest absolute Gasteiger partial charge is 0.326 e. The van der Waals surface area contributed by atoms with Crippen molar-refractivity contribution in [1.82, 2.24) is 9.97 Å². The number of nitrogens with zero attached hydrogens (tertiary/aromatic N) is 2. The van der Waals surface area contributed by atoms with Gasteiger partial charge in [-0.05, 0) is 54.6 Å². The highest BCUT2D eigenvalue weighted by Crippen LogP contribution is 2.29. The fraction of sp³-hybridized carbons (Fsp3) is 0.0435. The number of carbonyl (C=O) groups excluding carboxylic acids is 2. The van der Waals surface area contributed by atoms with Crippen LogP contribution in [0.3, 0.4) is 0 Å². The van der Waals surface area contributed by atoms with Crippen molar-refractivity contribution in [2.45, 2.75) is 16.8 Å². The first kappa shape index (κ1) is 21.7. The zero-order valence-electron chi connectivity index (χ0n) is 16.8. The molecule has 6 nitrogen and oxygen atoms in total. The molecule has 0 saturated heterocycles. The van der Waals surface area contributed by atoms with Crippen LogP contribution in [0.1, 0.15) is 17.3 Å². The van der Waals surface area contributed by atoms with E-state index in [9.17, 15) is 14.0 Å². The van der Waals surface area contributed by atoms with E-state index in [-0.39, 0.29) is 17.4 Å². The van der Waals surface area contributed by atoms with Crippen molar-refractivity contribution in [3.8, 4) is 11.3 Å². The average Bonchev–Trinajstić information content (AvgIpc) is 3.22. The van der Waals surface area contributed by atoms with Crippen LogP contribution >= 0.6 is 23.1 Å². The normalized spacial score (nSPS) is 10.6. The van der Waals surface area contributed by atoms with Gasteiger partial charge in [0.15, 0.2) is 5.13 Å². The van der Waals surface area contributed by atoms with Gasteiger partial charge in [0.05, 0.1) is 5.69 Å². The second kappa shape index (κ2) is 9.71. The second-order valence-corrected chi connectivity index (χ2v) is 8.61. The van der Waals surface area contributed by atoms with Gasteiger partial charge in [0, 0.05) is 40.2 Å². The van der Waals surface area contributed by atoms with Crippen molar-refractivity contribution in [1.29, 1.82) is 0 Å². The third kappa shape index (κ3) is 5.37. The van der Waals surface area contributed by atoms with Crippen LogP contribution in [0, 0.1) is 5.82 Å². The lowest BCUT2D eigenvalue weighted by atomic mass is 10.1. The summed E-state index contributed by atoms with van der Waals surface area (Å²) >= 11 is 2.71. The molecule has 0 aliphatic carbocycles. The predicted molar refractivity (Wildman–Crippen MR) is 125 cm³/mol. The highest BCUT2D eigenvalue weighted by Gasteiger charge is 2.13. The van der Waals surface area contributed by atoms with E-state index in [1.807, 2.05) is 30.3 Å². The molecule has 0 spiro atoms. The summed E-state index contributed by atoms with van der Waals surface area (Å²) in [5.41, 5.74) is 1.54. The number of aromatic nitrogens is 2. The Hall–Kier alpha value is -3.56. The first-order chi connectivity index (χ1) is 15.5. The molecule has 32 heavy (non-hydrogen) atoms. The summed E-state index contributed by atoms with van der Waals surface area (Å²) in [4.78, 5) is 33.2. The number of thiazole rings is 1. The van der Waals surface area contributed by atoms with Crippen LogP contribution in [-0.4, -0.2) is 21.8 Å². The molecule has 0 fully saturated rings. The summed E-state index contributed by atoms with van der Waals surface area (Å²) in [6.07, 6.45) is 1.73. The molecule has 0 bridgehead atoms. The highest BCUT2D eigenvalue weighted by molar-refractivity contribution is 7.99. The van der Waals surface area contributed by atoms with Gasteiger partial charge < -0.3 is 5.32 Å². The Morgan fingerprint density at radius 3 is 2.53 bits per heavy atom. The standard InChI is InChI=1S/C23H17FN4O2S2/c1-14(29)26-16-7-10-18(19(24)12-16)20-13-31-23(27-20)28-22(30)15-5-8-17(9-6-15)32-21-4-2-3-11-25-21/h2-13H,1H3,(H,26,29)(H,27,28,30). The fourth-order valence-electron chi connectivity index (χ4n) is 2.83. The minimum absolute atomic E-state index is 0.279. The number of anilines is 2. The SMILES string of the molecule is CC(=O)Nc1ccc(-c2csc(NC(=O)c3ccc(Sc4ccccn4)cc3)n2)c(F)c1. The number of carbonyl (C=O) groups is 2. The van der Waals surface area contributed by atoms with Crippen molar-refractivity contribution in [2.24, 2.45) is 0 Å². The number of amides is 2. The van der Waals surface area contributed by atoms with Crippen LogP contribution < -0.4 is 10.6 Å². The molecule has 2 amide bonds. The Morgan fingerprint density at radius 1 is 1.03 bits per heavy atom. The summed E-state index contributed by atoms with van der Waals surface area (Å²) in [5.74, 6) is -1.10. The summed E-state index contributed by atoms with van der Waals surface area (Å²) in [7, 11) is 0. The van der Waals surface area contributed by atoms with Gasteiger partial charge in [-0.25, -0.2) is 14.4 Å². The van der Waals surface area contributed by atoms with Gasteiger partial charge in [0.2, 0.25) is 5.91 Å². The van der Waals surface area contributed by atoms with Crippen LogP contribution in [0.2, 0.25) is 0 Å². The second-order valence-electron chi connectivity index (χ2n) is 6.66. The molecule has 160 valence electrons. The van der Waals surface area contributed by atoms with Crippen molar-refractivity contribution in [3.05, 3.63) is 83.6 Å². The van der Waals surface area contributed by atoms with Gasteiger partial charge in [-0.15, -0.1) is 11.3 Å². The Kier molecular flexibility index (Phi) is 6.58. The van der Waals surface area contributed by atoms with E-state index >= 15 is 0 Å². The van der Waals surface area contributed by atoms with Gasteiger partial charge in [-0.1, -0.05) is 17.8 Å². The molecule has 0 saturated carbocycles. The molecule has 0 unspecified atom stereocenters. The molecular weight excluding hydrogens is 447 g/mol. The van der Waals surface area contributed by atoms with Crippen LogP contribution in [0.15, 0.2) is 82.2 Å². The Bertz CT molecular complexity index is 1260. The van der Waals surface area contributed by atoms with Crippen molar-refractivity contribution >= 4 is 45.7 Å². The third-order valence-corrected chi connectivity index (χ3v) is 5.98. The van der Waals surface area contributed by atoms with E-state index in [1.54, 1.807) is 35.8 Å². The molecular formula is C23H17FN4O2S2. The number of halogens is 1. The molecule has 2 aromatic heterocycles. The Morgan fingerprint density at radius 2 is 1.84 bits per heavy atom. The molecule has 9 heteroatoms. The molecule has 2 aromatic carbocycles. The van der Waals surface area contributed by atoms with E-state index in [0.717, 1.165) is 9.92 Å². The minimum Gasteiger partial charge on any atom is -0.326 e. The van der Waals surface area contributed by atoms with Crippen LogP contribution in [-0.2, 0) is 4.79 Å². The zero-order valence-corrected chi connectivity index (χ0v) is 18.5. The quantitative estimate of drug-likeness (QED) is 0.382. The van der Waals surface area contributed by atoms with E-state index in [1.165, 1.54) is 36.1 Å². The number of nitrogens with one attached hydrogen (secondary N) is 2. The van der Waals surface area contributed by atoms with Crippen LogP contribution in [0.5, 0.6) is 0 Å². The smallest absolute Gasteiger partial charge is 0.257 e. The number of pyridine rings is 1. The molecule has 2 N–H and O–H groups in total. The van der Waals surface area contributed by atoms with Gasteiger partial charge in [0.25, 0.3) is 5.91 Å². The maximum Gasteiger partial charge on any atom is 0.257 e. The average molecular weight is 465 g/mol. The summed E-state index contributed by atoms with van der Waals surface area (Å²) in [6.45, 7) is 1.36. The minimum atomic E-state index is -0.513. The van der Waals surface area contributed by atoms with Crippen molar-refractivity contribution < 1.29 is 14.0 Å². The number of hydrogen-bond acceptors (Lipinski definition) is 6. The summed E-state index contributed by atoms with van der Waals surface area (Å²) in [5, 5.41) is 8.18. The maximum absolute atomic E-state index is 14.4. The van der Waals surface area contributed by atoms with E-state index in [2.05, 4.69) is 20.6 Å². The number of hydrogen-bond donors (Lipinski definition) is 2. The fourth-order valence-corrected chi connectivity index (χ4v) is 4.31. The lowest BCUT2D eigenvalue weighted by Gasteiger charge is -2.05. The third-order valence-electron chi connectivity index (χ3n) is 4.27. The van der Waals surface area contributed by atoms with Gasteiger partial charge in [-0.3, -0.25) is 14.9 Å². The van der Waals surface area contributed by atoms with Crippen LogP contribution in [0.25, 0.3) is 11.3 Å². The molecule has 0 radical (unpaired) electrons. The van der Waals surface area contributed by atoms with Crippen molar-refractivity contribution in [3.63, 3.8) is 0 Å². The predicted octanol–water partition coefficient (Wildman–Crippen LogP) is 5.71. The van der Waals surface area contributed by atoms with E-state index in [4.69, 9.17) is 0 Å². The monoisotopic (exact) mass is 464 g/mol.